The van der Waals surface area contributed by atoms with Gasteiger partial charge in [-0.25, -0.2) is 19.3 Å². The van der Waals surface area contributed by atoms with Gasteiger partial charge in [-0.1, -0.05) is 6.92 Å². The van der Waals surface area contributed by atoms with Crippen LogP contribution in [0.3, 0.4) is 0 Å². The fraction of sp³-hybridized carbons (Fsp3) is 0.364. The number of piperazine rings is 1. The summed E-state index contributed by atoms with van der Waals surface area (Å²) in [5.41, 5.74) is 3.35. The molecule has 0 unspecified atom stereocenters. The van der Waals surface area contributed by atoms with Gasteiger partial charge in [0.15, 0.2) is 22.7 Å². The summed E-state index contributed by atoms with van der Waals surface area (Å²) in [5.74, 6) is 2.09. The summed E-state index contributed by atoms with van der Waals surface area (Å²) in [7, 11) is 3.84. The third-order valence-electron chi connectivity index (χ3n) is 5.77. The van der Waals surface area contributed by atoms with Gasteiger partial charge in [0.1, 0.15) is 18.0 Å². The maximum absolute atomic E-state index is 13.5. The second kappa shape index (κ2) is 8.19. The number of hydrogen-bond donors (Lipinski definition) is 0. The first-order chi connectivity index (χ1) is 15.5. The average molecular weight is 436 g/mol. The van der Waals surface area contributed by atoms with Crippen LogP contribution in [0.2, 0.25) is 0 Å². The summed E-state index contributed by atoms with van der Waals surface area (Å²) < 4.78 is 17.2. The minimum atomic E-state index is -0.243. The van der Waals surface area contributed by atoms with Crippen molar-refractivity contribution in [1.82, 2.24) is 34.4 Å². The predicted molar refractivity (Wildman–Crippen MR) is 119 cm³/mol. The Hall–Kier alpha value is -3.53. The fourth-order valence-corrected chi connectivity index (χ4v) is 4.06. The molecule has 0 spiro atoms. The number of aromatic nitrogens is 6. The van der Waals surface area contributed by atoms with Crippen molar-refractivity contribution in [1.29, 1.82) is 0 Å². The number of aryl methyl sites for hydroxylation is 3. The molecule has 32 heavy (non-hydrogen) atoms. The highest BCUT2D eigenvalue weighted by atomic mass is 19.1. The molecule has 5 rings (SSSR count). The Labute approximate surface area is 185 Å². The van der Waals surface area contributed by atoms with Crippen molar-refractivity contribution in [2.45, 2.75) is 13.3 Å². The highest BCUT2D eigenvalue weighted by Gasteiger charge is 2.24. The van der Waals surface area contributed by atoms with Gasteiger partial charge in [-0.05, 0) is 30.2 Å². The van der Waals surface area contributed by atoms with E-state index in [0.29, 0.717) is 25.3 Å². The van der Waals surface area contributed by atoms with Crippen LogP contribution in [-0.4, -0.2) is 60.5 Å². The lowest BCUT2D eigenvalue weighted by atomic mass is 10.1. The number of halogens is 1. The third-order valence-corrected chi connectivity index (χ3v) is 5.77. The molecule has 0 atom stereocenters. The summed E-state index contributed by atoms with van der Waals surface area (Å²) in [6.07, 6.45) is 6.03. The molecule has 4 aromatic rings. The highest BCUT2D eigenvalue weighted by Crippen LogP contribution is 2.28. The molecular weight excluding hydrogens is 411 g/mol. The van der Waals surface area contributed by atoms with Crippen LogP contribution in [0.15, 0.2) is 36.9 Å². The molecule has 1 aromatic carbocycles. The van der Waals surface area contributed by atoms with Crippen LogP contribution in [0.1, 0.15) is 12.5 Å². The SMILES string of the molecule is CCc1cc(F)ccc1ON1CCN(c2ncnc3c2nc(-c2cnn(C)c2)n3C)CC1. The molecule has 166 valence electrons. The molecule has 10 heteroatoms. The standard InChI is InChI=1S/C22H25FN8O/c1-4-15-11-17(23)5-6-18(15)32-31-9-7-30(8-10-31)22-19-21(24-14-25-22)29(3)20(27-19)16-12-26-28(2)13-16/h5-6,11-14H,4,7-10H2,1-3H3. The predicted octanol–water partition coefficient (Wildman–Crippen LogP) is 2.58. The Kier molecular flexibility index (Phi) is 5.22. The topological polar surface area (TPSA) is 77.1 Å². The van der Waals surface area contributed by atoms with E-state index in [2.05, 4.69) is 20.0 Å². The van der Waals surface area contributed by atoms with Crippen molar-refractivity contribution in [3.63, 3.8) is 0 Å². The van der Waals surface area contributed by atoms with Crippen LogP contribution in [0.4, 0.5) is 10.2 Å². The molecule has 1 aliphatic heterocycles. The van der Waals surface area contributed by atoms with Crippen molar-refractivity contribution in [3.8, 4) is 17.1 Å². The molecule has 0 aliphatic carbocycles. The van der Waals surface area contributed by atoms with Gasteiger partial charge in [-0.2, -0.15) is 5.10 Å². The molecule has 1 aliphatic rings. The first kappa shape index (κ1) is 20.4. The van der Waals surface area contributed by atoms with Gasteiger partial charge in [0.2, 0.25) is 0 Å². The molecule has 3 aromatic heterocycles. The number of benzene rings is 1. The number of anilines is 1. The smallest absolute Gasteiger partial charge is 0.165 e. The van der Waals surface area contributed by atoms with Crippen LogP contribution in [0.5, 0.6) is 5.75 Å². The van der Waals surface area contributed by atoms with Gasteiger partial charge in [-0.15, -0.1) is 5.06 Å². The van der Waals surface area contributed by atoms with E-state index >= 15 is 0 Å². The van der Waals surface area contributed by atoms with Gasteiger partial charge in [0.05, 0.1) is 24.8 Å². The van der Waals surface area contributed by atoms with Crippen molar-refractivity contribution < 1.29 is 9.23 Å². The van der Waals surface area contributed by atoms with Crippen molar-refractivity contribution in [2.75, 3.05) is 31.1 Å². The monoisotopic (exact) mass is 436 g/mol. The average Bonchev–Trinajstić information content (AvgIpc) is 3.38. The van der Waals surface area contributed by atoms with Gasteiger partial charge in [0, 0.05) is 33.4 Å². The van der Waals surface area contributed by atoms with Gasteiger partial charge >= 0.3 is 0 Å². The van der Waals surface area contributed by atoms with Gasteiger partial charge < -0.3 is 14.3 Å². The van der Waals surface area contributed by atoms with Crippen LogP contribution in [0, 0.1) is 5.82 Å². The number of hydroxylamine groups is 2. The quantitative estimate of drug-likeness (QED) is 0.476. The fourth-order valence-electron chi connectivity index (χ4n) is 4.06. The Morgan fingerprint density at radius 2 is 1.91 bits per heavy atom. The Balaban J connectivity index is 1.35. The zero-order valence-electron chi connectivity index (χ0n) is 18.4. The van der Waals surface area contributed by atoms with E-state index < -0.39 is 0 Å². The lowest BCUT2D eigenvalue weighted by Crippen LogP contribution is -2.48. The summed E-state index contributed by atoms with van der Waals surface area (Å²) in [4.78, 5) is 22.1. The van der Waals surface area contributed by atoms with Crippen LogP contribution in [-0.2, 0) is 20.5 Å². The Morgan fingerprint density at radius 3 is 2.62 bits per heavy atom. The second-order valence-electron chi connectivity index (χ2n) is 7.88. The van der Waals surface area contributed by atoms with Gasteiger partial charge in [0.25, 0.3) is 0 Å². The highest BCUT2D eigenvalue weighted by molar-refractivity contribution is 5.86. The lowest BCUT2D eigenvalue weighted by molar-refractivity contribution is -0.0627. The number of rotatable bonds is 5. The maximum atomic E-state index is 13.5. The Bertz CT molecular complexity index is 1260. The minimum Gasteiger partial charge on any atom is -0.406 e. The van der Waals surface area contributed by atoms with Crippen LogP contribution >= 0.6 is 0 Å². The zero-order chi connectivity index (χ0) is 22.2. The van der Waals surface area contributed by atoms with E-state index in [1.54, 1.807) is 23.3 Å². The molecular formula is C22H25FN8O. The van der Waals surface area contributed by atoms with E-state index in [1.807, 2.05) is 36.8 Å². The second-order valence-corrected chi connectivity index (χ2v) is 7.88. The molecule has 4 heterocycles. The summed E-state index contributed by atoms with van der Waals surface area (Å²) in [5, 5.41) is 6.17. The van der Waals surface area contributed by atoms with E-state index in [4.69, 9.17) is 9.82 Å². The van der Waals surface area contributed by atoms with E-state index in [9.17, 15) is 4.39 Å². The summed E-state index contributed by atoms with van der Waals surface area (Å²) in [6, 6.07) is 4.66. The molecule has 0 bridgehead atoms. The molecule has 0 N–H and O–H groups in total. The van der Waals surface area contributed by atoms with Crippen LogP contribution < -0.4 is 9.74 Å². The first-order valence-electron chi connectivity index (χ1n) is 10.7. The van der Waals surface area contributed by atoms with E-state index in [0.717, 1.165) is 47.0 Å². The summed E-state index contributed by atoms with van der Waals surface area (Å²) >= 11 is 0. The lowest BCUT2D eigenvalue weighted by Gasteiger charge is -2.34. The molecule has 0 saturated carbocycles. The van der Waals surface area contributed by atoms with Crippen molar-refractivity contribution in [3.05, 3.63) is 48.3 Å². The van der Waals surface area contributed by atoms with E-state index in [1.165, 1.54) is 12.1 Å². The van der Waals surface area contributed by atoms with Crippen molar-refractivity contribution >= 4 is 17.0 Å². The maximum Gasteiger partial charge on any atom is 0.165 e. The van der Waals surface area contributed by atoms with Crippen LogP contribution in [0.25, 0.3) is 22.6 Å². The first-order valence-corrected chi connectivity index (χ1v) is 10.7. The zero-order valence-corrected chi connectivity index (χ0v) is 18.4. The van der Waals surface area contributed by atoms with Gasteiger partial charge in [-0.3, -0.25) is 4.68 Å². The molecule has 0 radical (unpaired) electrons. The third kappa shape index (κ3) is 3.66. The Morgan fingerprint density at radius 1 is 1.09 bits per heavy atom. The number of nitrogens with zero attached hydrogens (tertiary/aromatic N) is 8. The molecule has 0 amide bonds. The normalized spacial score (nSPS) is 14.9. The largest absolute Gasteiger partial charge is 0.406 e. The van der Waals surface area contributed by atoms with Crippen molar-refractivity contribution in [2.24, 2.45) is 14.1 Å². The number of fused-ring (bicyclic) bond motifs is 1. The summed E-state index contributed by atoms with van der Waals surface area (Å²) in [6.45, 7) is 4.83. The molecule has 1 saturated heterocycles. The molecule has 1 fully saturated rings. The number of hydrogen-bond acceptors (Lipinski definition) is 7. The minimum absolute atomic E-state index is 0.243. The molecule has 9 nitrogen and oxygen atoms in total. The number of imidazole rings is 1. The van der Waals surface area contributed by atoms with E-state index in [-0.39, 0.29) is 5.82 Å².